The number of nitrogens with zero attached hydrogens (tertiary/aromatic N) is 4. The van der Waals surface area contributed by atoms with Crippen LogP contribution in [0.4, 0.5) is 23.0 Å². The van der Waals surface area contributed by atoms with Crippen LogP contribution >= 0.6 is 0 Å². The van der Waals surface area contributed by atoms with Gasteiger partial charge < -0.3 is 35.8 Å². The van der Waals surface area contributed by atoms with E-state index in [1.54, 1.807) is 11.0 Å². The Labute approximate surface area is 227 Å². The van der Waals surface area contributed by atoms with E-state index < -0.39 is 5.91 Å². The molecule has 2 aromatic rings. The third-order valence-corrected chi connectivity index (χ3v) is 7.48. The van der Waals surface area contributed by atoms with Gasteiger partial charge in [-0.05, 0) is 44.2 Å². The molecular weight excluding hydrogens is 502 g/mol. The van der Waals surface area contributed by atoms with Crippen molar-refractivity contribution >= 4 is 34.8 Å². The number of aryl methyl sites for hydroxylation is 1. The number of aromatic nitrogens is 2. The highest BCUT2D eigenvalue weighted by Crippen LogP contribution is 2.36. The largest absolute Gasteiger partial charge is 0.481 e. The van der Waals surface area contributed by atoms with E-state index in [0.29, 0.717) is 54.8 Å². The smallest absolute Gasteiger partial charge is 0.271 e. The summed E-state index contributed by atoms with van der Waals surface area (Å²) in [5.74, 6) is 0.648. The number of hydrogen-bond donors (Lipinski definition) is 4. The fourth-order valence-electron chi connectivity index (χ4n) is 5.23. The SMILES string of the molecule is CCc1nc(C(N)=O)c(Nc2ccc3c(c2)OCC(=O)N3CCN2CCOCC2)nc1NC1CCC(O)CC1. The lowest BCUT2D eigenvalue weighted by molar-refractivity contribution is -0.121. The summed E-state index contributed by atoms with van der Waals surface area (Å²) in [4.78, 5) is 38.2. The minimum Gasteiger partial charge on any atom is -0.481 e. The molecule has 1 aromatic carbocycles. The summed E-state index contributed by atoms with van der Waals surface area (Å²) in [6.45, 7) is 6.35. The van der Waals surface area contributed by atoms with Crippen LogP contribution in [0.15, 0.2) is 18.2 Å². The van der Waals surface area contributed by atoms with Crippen molar-refractivity contribution in [3.05, 3.63) is 29.6 Å². The van der Waals surface area contributed by atoms with Gasteiger partial charge in [0, 0.05) is 44.0 Å². The molecule has 0 bridgehead atoms. The van der Waals surface area contributed by atoms with Gasteiger partial charge >= 0.3 is 0 Å². The summed E-state index contributed by atoms with van der Waals surface area (Å²) >= 11 is 0. The number of anilines is 4. The van der Waals surface area contributed by atoms with Crippen LogP contribution in [-0.4, -0.2) is 89.9 Å². The van der Waals surface area contributed by atoms with E-state index in [-0.39, 0.29) is 36.2 Å². The molecule has 2 fully saturated rings. The number of nitrogens with two attached hydrogens (primary N) is 1. The number of carbonyl (C=O) groups excluding carboxylic acids is 2. The molecule has 1 saturated carbocycles. The van der Waals surface area contributed by atoms with Gasteiger partial charge in [0.25, 0.3) is 11.8 Å². The molecule has 5 N–H and O–H groups in total. The molecule has 39 heavy (non-hydrogen) atoms. The first-order chi connectivity index (χ1) is 18.9. The summed E-state index contributed by atoms with van der Waals surface area (Å²) in [6, 6.07) is 5.61. The van der Waals surface area contributed by atoms with Crippen molar-refractivity contribution in [2.24, 2.45) is 5.73 Å². The molecule has 3 aliphatic rings. The number of nitrogens with one attached hydrogen (secondary N) is 2. The third kappa shape index (κ3) is 6.40. The zero-order chi connectivity index (χ0) is 27.4. The fraction of sp³-hybridized carbons (Fsp3) is 0.556. The Morgan fingerprint density at radius 2 is 1.90 bits per heavy atom. The van der Waals surface area contributed by atoms with Gasteiger partial charge in [0.05, 0.1) is 30.7 Å². The maximum Gasteiger partial charge on any atom is 0.271 e. The maximum atomic E-state index is 12.7. The molecule has 210 valence electrons. The first kappa shape index (κ1) is 27.1. The number of fused-ring (bicyclic) bond motifs is 1. The normalized spacial score (nSPS) is 21.7. The molecule has 1 aliphatic carbocycles. The number of primary amides is 1. The highest BCUT2D eigenvalue weighted by atomic mass is 16.5. The van der Waals surface area contributed by atoms with Gasteiger partial charge in [0.2, 0.25) is 0 Å². The number of morpholine rings is 1. The second-order valence-corrected chi connectivity index (χ2v) is 10.2. The third-order valence-electron chi connectivity index (χ3n) is 7.48. The summed E-state index contributed by atoms with van der Waals surface area (Å²) in [5, 5.41) is 16.5. The van der Waals surface area contributed by atoms with E-state index in [9.17, 15) is 14.7 Å². The number of hydrogen-bond acceptors (Lipinski definition) is 10. The molecule has 12 nitrogen and oxygen atoms in total. The monoisotopic (exact) mass is 539 g/mol. The molecule has 1 aromatic heterocycles. The molecule has 0 atom stereocenters. The predicted octanol–water partition coefficient (Wildman–Crippen LogP) is 1.65. The van der Waals surface area contributed by atoms with Crippen LogP contribution in [0.1, 0.15) is 48.8 Å². The summed E-state index contributed by atoms with van der Waals surface area (Å²) in [6.07, 6.45) is 3.44. The Morgan fingerprint density at radius 3 is 2.62 bits per heavy atom. The highest BCUT2D eigenvalue weighted by molar-refractivity contribution is 5.99. The van der Waals surface area contributed by atoms with Crippen LogP contribution < -0.4 is 26.0 Å². The standard InChI is InChI=1S/C27H37N7O5/c1-2-20-26(29-17-3-6-19(35)7-4-17)32-27(24(31-20)25(28)37)30-18-5-8-21-22(15-18)39-16-23(36)34(21)10-9-33-11-13-38-14-12-33/h5,8,15,17,19,35H,2-4,6-7,9-14,16H2,1H3,(H2,28,37)(H2,29,30,32). The number of rotatable bonds is 9. The van der Waals surface area contributed by atoms with Crippen LogP contribution in [0.3, 0.4) is 0 Å². The minimum absolute atomic E-state index is 0.0404. The van der Waals surface area contributed by atoms with Crippen LogP contribution in [0.25, 0.3) is 0 Å². The lowest BCUT2D eigenvalue weighted by atomic mass is 9.93. The van der Waals surface area contributed by atoms with E-state index in [1.165, 1.54) is 0 Å². The number of ether oxygens (including phenoxy) is 2. The molecule has 0 radical (unpaired) electrons. The van der Waals surface area contributed by atoms with Crippen molar-refractivity contribution < 1.29 is 24.2 Å². The van der Waals surface area contributed by atoms with Crippen LogP contribution in [-0.2, 0) is 16.0 Å². The average molecular weight is 540 g/mol. The molecule has 2 amide bonds. The van der Waals surface area contributed by atoms with Gasteiger partial charge in [-0.3, -0.25) is 14.5 Å². The molecule has 3 heterocycles. The quantitative estimate of drug-likeness (QED) is 0.370. The number of aliphatic hydroxyl groups excluding tert-OH is 1. The zero-order valence-electron chi connectivity index (χ0n) is 22.3. The molecule has 5 rings (SSSR count). The maximum absolute atomic E-state index is 12.7. The van der Waals surface area contributed by atoms with Crippen molar-refractivity contribution in [3.8, 4) is 5.75 Å². The number of benzene rings is 1. The Hall–Kier alpha value is -3.48. The second kappa shape index (κ2) is 12.1. The number of carbonyl (C=O) groups is 2. The number of aliphatic hydroxyl groups is 1. The first-order valence-corrected chi connectivity index (χ1v) is 13.7. The van der Waals surface area contributed by atoms with Crippen molar-refractivity contribution in [2.75, 3.05) is 61.5 Å². The summed E-state index contributed by atoms with van der Waals surface area (Å²) in [7, 11) is 0. The van der Waals surface area contributed by atoms with E-state index in [0.717, 1.165) is 45.3 Å². The van der Waals surface area contributed by atoms with Crippen molar-refractivity contribution in [3.63, 3.8) is 0 Å². The molecular formula is C27H37N7O5. The Kier molecular flexibility index (Phi) is 8.44. The Balaban J connectivity index is 1.35. The highest BCUT2D eigenvalue weighted by Gasteiger charge is 2.27. The van der Waals surface area contributed by atoms with Crippen molar-refractivity contribution in [1.29, 1.82) is 0 Å². The number of amides is 2. The average Bonchev–Trinajstić information content (AvgIpc) is 2.94. The molecule has 0 unspecified atom stereocenters. The van der Waals surface area contributed by atoms with Gasteiger partial charge in [-0.2, -0.15) is 0 Å². The van der Waals surface area contributed by atoms with Crippen LogP contribution in [0, 0.1) is 0 Å². The molecule has 2 aliphatic heterocycles. The molecule has 12 heteroatoms. The van der Waals surface area contributed by atoms with E-state index in [4.69, 9.17) is 20.2 Å². The van der Waals surface area contributed by atoms with Crippen molar-refractivity contribution in [1.82, 2.24) is 14.9 Å². The Bertz CT molecular complexity index is 1200. The summed E-state index contributed by atoms with van der Waals surface area (Å²) < 4.78 is 11.2. The Morgan fingerprint density at radius 1 is 1.13 bits per heavy atom. The van der Waals surface area contributed by atoms with Crippen LogP contribution in [0.5, 0.6) is 5.75 Å². The fourth-order valence-corrected chi connectivity index (χ4v) is 5.23. The van der Waals surface area contributed by atoms with Gasteiger partial charge in [-0.25, -0.2) is 9.97 Å². The second-order valence-electron chi connectivity index (χ2n) is 10.2. The topological polar surface area (TPSA) is 155 Å². The molecule has 0 spiro atoms. The van der Waals surface area contributed by atoms with Gasteiger partial charge in [0.1, 0.15) is 11.6 Å². The van der Waals surface area contributed by atoms with E-state index in [2.05, 4.69) is 20.5 Å². The summed E-state index contributed by atoms with van der Waals surface area (Å²) in [5.41, 5.74) is 7.71. The van der Waals surface area contributed by atoms with Gasteiger partial charge in [-0.1, -0.05) is 6.92 Å². The predicted molar refractivity (Wildman–Crippen MR) is 147 cm³/mol. The lowest BCUT2D eigenvalue weighted by Gasteiger charge is -2.33. The van der Waals surface area contributed by atoms with Crippen LogP contribution in [0.2, 0.25) is 0 Å². The van der Waals surface area contributed by atoms with Gasteiger partial charge in [-0.15, -0.1) is 0 Å². The van der Waals surface area contributed by atoms with Crippen molar-refractivity contribution in [2.45, 2.75) is 51.2 Å². The zero-order valence-corrected chi connectivity index (χ0v) is 22.3. The minimum atomic E-state index is -0.680. The van der Waals surface area contributed by atoms with E-state index in [1.807, 2.05) is 19.1 Å². The first-order valence-electron chi connectivity index (χ1n) is 13.7. The molecule has 1 saturated heterocycles. The van der Waals surface area contributed by atoms with Gasteiger partial charge in [0.15, 0.2) is 18.1 Å². The van der Waals surface area contributed by atoms with E-state index >= 15 is 0 Å². The lowest BCUT2D eigenvalue weighted by Crippen LogP contribution is -2.45.